The number of carbonyl (C=O) groups excluding carboxylic acids is 1. The van der Waals surface area contributed by atoms with E-state index in [1.54, 1.807) is 0 Å². The Bertz CT molecular complexity index is 704. The lowest BCUT2D eigenvalue weighted by molar-refractivity contribution is 0.102. The van der Waals surface area contributed by atoms with E-state index < -0.39 is 11.7 Å². The first kappa shape index (κ1) is 14.9. The number of hydrogen-bond donors (Lipinski definition) is 3. The number of nitrogens with one attached hydrogen (secondary N) is 1. The van der Waals surface area contributed by atoms with Crippen LogP contribution in [0.4, 0.5) is 10.1 Å². The molecule has 108 valence electrons. The van der Waals surface area contributed by atoms with E-state index in [2.05, 4.69) is 31.4 Å². The summed E-state index contributed by atoms with van der Waals surface area (Å²) in [6.07, 6.45) is 1.30. The first-order chi connectivity index (χ1) is 10.0. The van der Waals surface area contributed by atoms with Gasteiger partial charge in [0, 0.05) is 16.2 Å². The van der Waals surface area contributed by atoms with Gasteiger partial charge in [0.1, 0.15) is 11.5 Å². The second-order valence-electron chi connectivity index (χ2n) is 4.00. The molecule has 0 spiro atoms. The minimum atomic E-state index is -0.507. The molecule has 1 aromatic heterocycles. The average Bonchev–Trinajstić information content (AvgIpc) is 2.50. The molecule has 0 saturated carbocycles. The number of benzene rings is 1. The molecule has 2 aromatic rings. The predicted octanol–water partition coefficient (Wildman–Crippen LogP) is 2.33. The topological polar surface area (TPSA) is 101 Å². The van der Waals surface area contributed by atoms with E-state index in [1.807, 2.05) is 0 Å². The van der Waals surface area contributed by atoms with Gasteiger partial charge in [0.25, 0.3) is 5.91 Å². The van der Waals surface area contributed by atoms with E-state index in [9.17, 15) is 9.18 Å². The van der Waals surface area contributed by atoms with Crippen molar-refractivity contribution in [2.75, 3.05) is 5.32 Å². The van der Waals surface area contributed by atoms with Crippen molar-refractivity contribution < 1.29 is 14.4 Å². The summed E-state index contributed by atoms with van der Waals surface area (Å²) in [5, 5.41) is 13.9. The lowest BCUT2D eigenvalue weighted by Crippen LogP contribution is -2.17. The number of amidine groups is 1. The first-order valence-corrected chi connectivity index (χ1v) is 6.51. The fourth-order valence-corrected chi connectivity index (χ4v) is 1.86. The van der Waals surface area contributed by atoms with Gasteiger partial charge in [-0.2, -0.15) is 0 Å². The zero-order valence-corrected chi connectivity index (χ0v) is 12.1. The number of pyridine rings is 1. The molecule has 0 fully saturated rings. The molecule has 0 bridgehead atoms. The number of aromatic nitrogens is 1. The van der Waals surface area contributed by atoms with Crippen LogP contribution in [-0.4, -0.2) is 21.9 Å². The van der Waals surface area contributed by atoms with Gasteiger partial charge in [0.15, 0.2) is 5.84 Å². The highest BCUT2D eigenvalue weighted by Gasteiger charge is 2.11. The molecule has 6 nitrogen and oxygen atoms in total. The van der Waals surface area contributed by atoms with Crippen LogP contribution in [0.5, 0.6) is 0 Å². The summed E-state index contributed by atoms with van der Waals surface area (Å²) in [6.45, 7) is 0. The number of oxime groups is 1. The molecule has 0 saturated heterocycles. The fraction of sp³-hybridized carbons (Fsp3) is 0. The maximum absolute atomic E-state index is 13.1. The van der Waals surface area contributed by atoms with E-state index in [-0.39, 0.29) is 11.5 Å². The van der Waals surface area contributed by atoms with Crippen LogP contribution in [0.3, 0.4) is 0 Å². The molecule has 4 N–H and O–H groups in total. The molecule has 0 radical (unpaired) electrons. The van der Waals surface area contributed by atoms with Crippen LogP contribution in [0.2, 0.25) is 0 Å². The lowest BCUT2D eigenvalue weighted by Gasteiger charge is -2.07. The number of halogens is 2. The van der Waals surface area contributed by atoms with Crippen LogP contribution in [0.1, 0.15) is 16.1 Å². The Morgan fingerprint density at radius 1 is 1.38 bits per heavy atom. The van der Waals surface area contributed by atoms with Gasteiger partial charge in [-0.05, 0) is 46.3 Å². The highest BCUT2D eigenvalue weighted by atomic mass is 79.9. The van der Waals surface area contributed by atoms with Crippen LogP contribution < -0.4 is 11.1 Å². The number of hydrogen-bond acceptors (Lipinski definition) is 4. The van der Waals surface area contributed by atoms with Gasteiger partial charge in [-0.15, -0.1) is 0 Å². The van der Waals surface area contributed by atoms with Crippen LogP contribution in [0.15, 0.2) is 46.2 Å². The van der Waals surface area contributed by atoms with Crippen LogP contribution in [0.25, 0.3) is 0 Å². The van der Waals surface area contributed by atoms with E-state index in [0.29, 0.717) is 15.7 Å². The van der Waals surface area contributed by atoms with Crippen molar-refractivity contribution in [3.05, 3.63) is 58.1 Å². The third-order valence-electron chi connectivity index (χ3n) is 2.58. The molecule has 1 heterocycles. The van der Waals surface area contributed by atoms with Gasteiger partial charge < -0.3 is 16.3 Å². The zero-order chi connectivity index (χ0) is 15.4. The van der Waals surface area contributed by atoms with Crippen molar-refractivity contribution in [2.45, 2.75) is 0 Å². The Hall–Kier alpha value is -2.48. The van der Waals surface area contributed by atoms with Crippen molar-refractivity contribution in [3.63, 3.8) is 0 Å². The second-order valence-corrected chi connectivity index (χ2v) is 4.85. The molecular formula is C13H10BrFN4O2. The molecule has 1 amide bonds. The quantitative estimate of drug-likeness (QED) is 0.341. The number of rotatable bonds is 3. The Balaban J connectivity index is 2.19. The molecular weight excluding hydrogens is 343 g/mol. The Kier molecular flexibility index (Phi) is 4.49. The Labute approximate surface area is 127 Å². The van der Waals surface area contributed by atoms with Crippen molar-refractivity contribution in [3.8, 4) is 0 Å². The standard InChI is InChI=1S/C13H10BrFN4O2/c14-9-3-2-8(15)5-11(9)18-13(20)10-4-1-7(6-17-10)12(16)19-21/h1-6,21H,(H2,16,19)(H,18,20). The van der Waals surface area contributed by atoms with Gasteiger partial charge in [0.05, 0.1) is 5.69 Å². The second kappa shape index (κ2) is 6.31. The van der Waals surface area contributed by atoms with Gasteiger partial charge in [-0.25, -0.2) is 4.39 Å². The van der Waals surface area contributed by atoms with E-state index >= 15 is 0 Å². The highest BCUT2D eigenvalue weighted by molar-refractivity contribution is 9.10. The van der Waals surface area contributed by atoms with E-state index in [0.717, 1.165) is 0 Å². The molecule has 21 heavy (non-hydrogen) atoms. The fourth-order valence-electron chi connectivity index (χ4n) is 1.52. The maximum atomic E-state index is 13.1. The molecule has 0 unspecified atom stereocenters. The molecule has 0 aliphatic rings. The minimum Gasteiger partial charge on any atom is -0.409 e. The molecule has 0 aliphatic carbocycles. The molecule has 0 aliphatic heterocycles. The van der Waals surface area contributed by atoms with Crippen molar-refractivity contribution >= 4 is 33.4 Å². The summed E-state index contributed by atoms with van der Waals surface area (Å²) in [5.41, 5.74) is 6.17. The van der Waals surface area contributed by atoms with Crippen LogP contribution in [0, 0.1) is 5.82 Å². The number of amides is 1. The van der Waals surface area contributed by atoms with Crippen molar-refractivity contribution in [2.24, 2.45) is 10.9 Å². The Morgan fingerprint density at radius 3 is 2.76 bits per heavy atom. The minimum absolute atomic E-state index is 0.109. The van der Waals surface area contributed by atoms with E-state index in [4.69, 9.17) is 10.9 Å². The van der Waals surface area contributed by atoms with Crippen LogP contribution in [-0.2, 0) is 0 Å². The number of nitrogens with two attached hydrogens (primary N) is 1. The number of nitrogens with zero attached hydrogens (tertiary/aromatic N) is 2. The highest BCUT2D eigenvalue weighted by Crippen LogP contribution is 2.23. The Morgan fingerprint density at radius 2 is 2.14 bits per heavy atom. The maximum Gasteiger partial charge on any atom is 0.274 e. The average molecular weight is 353 g/mol. The molecule has 0 atom stereocenters. The predicted molar refractivity (Wildman–Crippen MR) is 78.8 cm³/mol. The third-order valence-corrected chi connectivity index (χ3v) is 3.27. The summed E-state index contributed by atoms with van der Waals surface area (Å²) in [6, 6.07) is 6.84. The first-order valence-electron chi connectivity index (χ1n) is 5.71. The van der Waals surface area contributed by atoms with Gasteiger partial charge in [-0.1, -0.05) is 5.16 Å². The largest absolute Gasteiger partial charge is 0.409 e. The zero-order valence-electron chi connectivity index (χ0n) is 10.5. The van der Waals surface area contributed by atoms with E-state index in [1.165, 1.54) is 36.5 Å². The normalized spacial score (nSPS) is 11.2. The smallest absolute Gasteiger partial charge is 0.274 e. The molecule has 2 rings (SSSR count). The van der Waals surface area contributed by atoms with Gasteiger partial charge >= 0.3 is 0 Å². The summed E-state index contributed by atoms with van der Waals surface area (Å²) >= 11 is 3.21. The summed E-state index contributed by atoms with van der Waals surface area (Å²) in [7, 11) is 0. The molecule has 8 heteroatoms. The molecule has 1 aromatic carbocycles. The number of carbonyl (C=O) groups is 1. The van der Waals surface area contributed by atoms with Crippen molar-refractivity contribution in [1.82, 2.24) is 4.98 Å². The van der Waals surface area contributed by atoms with Crippen molar-refractivity contribution in [1.29, 1.82) is 0 Å². The monoisotopic (exact) mass is 352 g/mol. The summed E-state index contributed by atoms with van der Waals surface area (Å²) in [5.74, 6) is -1.08. The summed E-state index contributed by atoms with van der Waals surface area (Å²) in [4.78, 5) is 15.9. The van der Waals surface area contributed by atoms with Crippen LogP contribution >= 0.6 is 15.9 Å². The van der Waals surface area contributed by atoms with Gasteiger partial charge in [-0.3, -0.25) is 9.78 Å². The van der Waals surface area contributed by atoms with Gasteiger partial charge in [0.2, 0.25) is 0 Å². The lowest BCUT2D eigenvalue weighted by atomic mass is 10.2. The number of anilines is 1. The summed E-state index contributed by atoms with van der Waals surface area (Å²) < 4.78 is 13.7. The SMILES string of the molecule is N/C(=N/O)c1ccc(C(=O)Nc2cc(F)ccc2Br)nc1. The third kappa shape index (κ3) is 3.54.